The lowest BCUT2D eigenvalue weighted by molar-refractivity contribution is -0.158. The number of benzene rings is 1. The SMILES string of the molecule is COC(=O)C(O)C(O)c1ccc(C(=O)O)cc1C(F)(F)F. The van der Waals surface area contributed by atoms with E-state index in [1.165, 1.54) is 0 Å². The molecule has 0 bridgehead atoms. The van der Waals surface area contributed by atoms with Crippen molar-refractivity contribution < 1.29 is 42.8 Å². The third-order valence-electron chi connectivity index (χ3n) is 2.67. The van der Waals surface area contributed by atoms with Gasteiger partial charge in [0.15, 0.2) is 6.10 Å². The lowest BCUT2D eigenvalue weighted by atomic mass is 9.96. The fraction of sp³-hybridized carbons (Fsp3) is 0.333. The van der Waals surface area contributed by atoms with Crippen molar-refractivity contribution in [1.82, 2.24) is 0 Å². The van der Waals surface area contributed by atoms with Gasteiger partial charge in [-0.2, -0.15) is 13.2 Å². The Bertz CT molecular complexity index is 554. The highest BCUT2D eigenvalue weighted by Gasteiger charge is 2.38. The number of aliphatic hydroxyl groups is 2. The topological polar surface area (TPSA) is 104 Å². The number of rotatable bonds is 4. The van der Waals surface area contributed by atoms with Gasteiger partial charge in [0.2, 0.25) is 0 Å². The van der Waals surface area contributed by atoms with Gasteiger partial charge in [-0.3, -0.25) is 0 Å². The van der Waals surface area contributed by atoms with Crippen LogP contribution in [0, 0.1) is 0 Å². The predicted octanol–water partition coefficient (Wildman–Crippen LogP) is 0.971. The number of carbonyl (C=O) groups excluding carboxylic acids is 1. The quantitative estimate of drug-likeness (QED) is 0.716. The molecule has 0 amide bonds. The van der Waals surface area contributed by atoms with Crippen LogP contribution in [-0.4, -0.2) is 40.5 Å². The highest BCUT2D eigenvalue weighted by atomic mass is 19.4. The third kappa shape index (κ3) is 3.70. The summed E-state index contributed by atoms with van der Waals surface area (Å²) in [6.45, 7) is 0. The summed E-state index contributed by atoms with van der Waals surface area (Å²) in [5.74, 6) is -2.91. The van der Waals surface area contributed by atoms with Crippen LogP contribution < -0.4 is 0 Å². The van der Waals surface area contributed by atoms with E-state index >= 15 is 0 Å². The van der Waals surface area contributed by atoms with Crippen molar-refractivity contribution in [3.8, 4) is 0 Å². The minimum Gasteiger partial charge on any atom is -0.478 e. The van der Waals surface area contributed by atoms with E-state index in [-0.39, 0.29) is 0 Å². The first-order valence-electron chi connectivity index (χ1n) is 5.48. The highest BCUT2D eigenvalue weighted by molar-refractivity contribution is 5.88. The standard InChI is InChI=1S/C12H11F3O6/c1-21-11(20)9(17)8(16)6-3-2-5(10(18)19)4-7(6)12(13,14)15/h2-4,8-9,16-17H,1H3,(H,18,19). The maximum Gasteiger partial charge on any atom is 0.416 e. The Labute approximate surface area is 116 Å². The number of aliphatic hydroxyl groups excluding tert-OH is 2. The molecule has 0 spiro atoms. The lowest BCUT2D eigenvalue weighted by Gasteiger charge is -2.20. The van der Waals surface area contributed by atoms with Gasteiger partial charge < -0.3 is 20.1 Å². The molecule has 0 saturated carbocycles. The highest BCUT2D eigenvalue weighted by Crippen LogP contribution is 2.36. The number of hydrogen-bond acceptors (Lipinski definition) is 5. The second kappa shape index (κ2) is 6.10. The van der Waals surface area contributed by atoms with Crippen LogP contribution in [0.15, 0.2) is 18.2 Å². The minimum atomic E-state index is -4.97. The number of carbonyl (C=O) groups is 2. The number of hydrogen-bond donors (Lipinski definition) is 3. The van der Waals surface area contributed by atoms with Crippen LogP contribution in [-0.2, 0) is 15.7 Å². The van der Waals surface area contributed by atoms with Crippen molar-refractivity contribution in [2.24, 2.45) is 0 Å². The normalized spacial score (nSPS) is 14.4. The summed E-state index contributed by atoms with van der Waals surface area (Å²) in [4.78, 5) is 21.8. The number of carboxylic acids is 1. The molecular formula is C12H11F3O6. The first-order valence-corrected chi connectivity index (χ1v) is 5.48. The van der Waals surface area contributed by atoms with Crippen molar-refractivity contribution in [3.05, 3.63) is 34.9 Å². The average molecular weight is 308 g/mol. The van der Waals surface area contributed by atoms with Crippen LogP contribution in [0.25, 0.3) is 0 Å². The number of aromatic carboxylic acids is 1. The third-order valence-corrected chi connectivity index (χ3v) is 2.67. The van der Waals surface area contributed by atoms with Crippen LogP contribution in [0.4, 0.5) is 13.2 Å². The molecule has 21 heavy (non-hydrogen) atoms. The number of alkyl halides is 3. The molecule has 9 heteroatoms. The fourth-order valence-electron chi connectivity index (χ4n) is 1.61. The molecule has 0 saturated heterocycles. The van der Waals surface area contributed by atoms with Crippen LogP contribution in [0.5, 0.6) is 0 Å². The molecular weight excluding hydrogens is 297 g/mol. The van der Waals surface area contributed by atoms with Crippen molar-refractivity contribution in [1.29, 1.82) is 0 Å². The van der Waals surface area contributed by atoms with E-state index in [4.69, 9.17) is 5.11 Å². The zero-order valence-electron chi connectivity index (χ0n) is 10.6. The van der Waals surface area contributed by atoms with Crippen LogP contribution >= 0.6 is 0 Å². The molecule has 0 aliphatic carbocycles. The zero-order chi connectivity index (χ0) is 16.4. The number of halogens is 3. The molecule has 0 fully saturated rings. The van der Waals surface area contributed by atoms with E-state index in [1.807, 2.05) is 0 Å². The van der Waals surface area contributed by atoms with Crippen LogP contribution in [0.3, 0.4) is 0 Å². The van der Waals surface area contributed by atoms with E-state index in [9.17, 15) is 33.0 Å². The molecule has 6 nitrogen and oxygen atoms in total. The molecule has 0 radical (unpaired) electrons. The van der Waals surface area contributed by atoms with Gasteiger partial charge in [0.1, 0.15) is 6.10 Å². The Morgan fingerprint density at radius 1 is 1.24 bits per heavy atom. The summed E-state index contributed by atoms with van der Waals surface area (Å²) in [5.41, 5.74) is -2.94. The molecule has 2 atom stereocenters. The van der Waals surface area contributed by atoms with Crippen molar-refractivity contribution in [2.45, 2.75) is 18.4 Å². The van der Waals surface area contributed by atoms with Gasteiger partial charge in [0.05, 0.1) is 18.2 Å². The Kier molecular flexibility index (Phi) is 4.92. The fourth-order valence-corrected chi connectivity index (χ4v) is 1.61. The molecule has 1 aromatic rings. The number of ether oxygens (including phenoxy) is 1. The Morgan fingerprint density at radius 2 is 1.81 bits per heavy atom. The molecule has 116 valence electrons. The molecule has 0 aliphatic heterocycles. The predicted molar refractivity (Wildman–Crippen MR) is 61.4 cm³/mol. The van der Waals surface area contributed by atoms with Gasteiger partial charge in [0, 0.05) is 0 Å². The van der Waals surface area contributed by atoms with Crippen molar-refractivity contribution >= 4 is 11.9 Å². The Balaban J connectivity index is 3.35. The summed E-state index contributed by atoms with van der Waals surface area (Å²) >= 11 is 0. The molecule has 0 aromatic heterocycles. The number of carboxylic acid groups (broad SMARTS) is 1. The van der Waals surface area contributed by atoms with Crippen LogP contribution in [0.2, 0.25) is 0 Å². The van der Waals surface area contributed by atoms with Crippen molar-refractivity contribution in [2.75, 3.05) is 7.11 Å². The maximum atomic E-state index is 12.9. The van der Waals surface area contributed by atoms with Crippen molar-refractivity contribution in [3.63, 3.8) is 0 Å². The molecule has 0 aliphatic rings. The number of esters is 1. The van der Waals surface area contributed by atoms with Gasteiger partial charge in [0.25, 0.3) is 0 Å². The molecule has 1 aromatic carbocycles. The first kappa shape index (κ1) is 16.9. The molecule has 2 unspecified atom stereocenters. The monoisotopic (exact) mass is 308 g/mol. The van der Waals surface area contributed by atoms with E-state index in [0.29, 0.717) is 12.1 Å². The van der Waals surface area contributed by atoms with Gasteiger partial charge in [-0.1, -0.05) is 6.07 Å². The van der Waals surface area contributed by atoms with Gasteiger partial charge in [-0.05, 0) is 17.7 Å². The van der Waals surface area contributed by atoms with E-state index in [1.54, 1.807) is 0 Å². The Morgan fingerprint density at radius 3 is 2.24 bits per heavy atom. The summed E-state index contributed by atoms with van der Waals surface area (Å²) in [6.07, 6.45) is -9.42. The average Bonchev–Trinajstić information content (AvgIpc) is 2.43. The largest absolute Gasteiger partial charge is 0.478 e. The second-order valence-corrected chi connectivity index (χ2v) is 4.02. The van der Waals surface area contributed by atoms with E-state index in [0.717, 1.165) is 13.2 Å². The molecule has 0 heterocycles. The molecule has 1 rings (SSSR count). The van der Waals surface area contributed by atoms with E-state index < -0.39 is 47.0 Å². The van der Waals surface area contributed by atoms with Gasteiger partial charge in [-0.25, -0.2) is 9.59 Å². The molecule has 3 N–H and O–H groups in total. The summed E-state index contributed by atoms with van der Waals surface area (Å²) < 4.78 is 42.8. The lowest BCUT2D eigenvalue weighted by Crippen LogP contribution is -2.30. The summed E-state index contributed by atoms with van der Waals surface area (Å²) in [7, 11) is 0.885. The summed E-state index contributed by atoms with van der Waals surface area (Å²) in [6, 6.07) is 1.81. The van der Waals surface area contributed by atoms with Gasteiger partial charge >= 0.3 is 18.1 Å². The smallest absolute Gasteiger partial charge is 0.416 e. The Hall–Kier alpha value is -2.13. The second-order valence-electron chi connectivity index (χ2n) is 4.02. The van der Waals surface area contributed by atoms with E-state index in [2.05, 4.69) is 4.74 Å². The van der Waals surface area contributed by atoms with Gasteiger partial charge in [-0.15, -0.1) is 0 Å². The number of methoxy groups -OCH3 is 1. The minimum absolute atomic E-state index is 0.310. The zero-order valence-corrected chi connectivity index (χ0v) is 10.6. The summed E-state index contributed by atoms with van der Waals surface area (Å²) in [5, 5.41) is 27.8. The van der Waals surface area contributed by atoms with Crippen LogP contribution in [0.1, 0.15) is 27.6 Å². The first-order chi connectivity index (χ1) is 9.59. The maximum absolute atomic E-state index is 12.9.